The summed E-state index contributed by atoms with van der Waals surface area (Å²) in [6.45, 7) is -3.00. The SMILES string of the molecule is COc1cc(OC)cc(-c2nnc(SCC(=O)Nc3ccccc3OC(F)F)n2N)c1. The number of nitrogen functional groups attached to an aromatic ring is 1. The molecule has 0 bridgehead atoms. The normalized spacial score (nSPS) is 10.7. The second kappa shape index (κ2) is 9.98. The van der Waals surface area contributed by atoms with Crippen molar-refractivity contribution in [2.45, 2.75) is 11.8 Å². The molecule has 12 heteroatoms. The van der Waals surface area contributed by atoms with Gasteiger partial charge in [-0.2, -0.15) is 8.78 Å². The Bertz CT molecular complexity index is 1040. The minimum atomic E-state index is -3.00. The lowest BCUT2D eigenvalue weighted by atomic mass is 10.2. The molecule has 0 radical (unpaired) electrons. The average molecular weight is 451 g/mol. The molecule has 0 saturated heterocycles. The minimum absolute atomic E-state index is 0.0836. The Hall–Kier alpha value is -3.54. The van der Waals surface area contributed by atoms with E-state index in [4.69, 9.17) is 15.3 Å². The van der Waals surface area contributed by atoms with E-state index in [-0.39, 0.29) is 22.3 Å². The van der Waals surface area contributed by atoms with Gasteiger partial charge in [0.05, 0.1) is 25.7 Å². The molecule has 0 saturated carbocycles. The van der Waals surface area contributed by atoms with Crippen molar-refractivity contribution in [2.24, 2.45) is 0 Å². The van der Waals surface area contributed by atoms with E-state index in [1.807, 2.05) is 0 Å². The maximum Gasteiger partial charge on any atom is 0.387 e. The van der Waals surface area contributed by atoms with Crippen LogP contribution in [0.3, 0.4) is 0 Å². The van der Waals surface area contributed by atoms with Gasteiger partial charge >= 0.3 is 6.61 Å². The molecular formula is C19H19F2N5O4S. The summed E-state index contributed by atoms with van der Waals surface area (Å²) < 4.78 is 41.1. The minimum Gasteiger partial charge on any atom is -0.497 e. The maximum atomic E-state index is 12.5. The summed E-state index contributed by atoms with van der Waals surface area (Å²) in [6.07, 6.45) is 0. The summed E-state index contributed by atoms with van der Waals surface area (Å²) in [7, 11) is 3.05. The number of hydrogen-bond donors (Lipinski definition) is 2. The third-order valence-corrected chi connectivity index (χ3v) is 4.93. The lowest BCUT2D eigenvalue weighted by Crippen LogP contribution is -2.17. The van der Waals surface area contributed by atoms with Crippen molar-refractivity contribution in [3.63, 3.8) is 0 Å². The van der Waals surface area contributed by atoms with Gasteiger partial charge in [0, 0.05) is 11.6 Å². The first-order valence-electron chi connectivity index (χ1n) is 8.81. The number of halogens is 2. The molecule has 1 heterocycles. The van der Waals surface area contributed by atoms with Gasteiger partial charge in [0.1, 0.15) is 17.2 Å². The second-order valence-corrected chi connectivity index (χ2v) is 6.93. The largest absolute Gasteiger partial charge is 0.497 e. The number of aromatic nitrogens is 3. The molecule has 164 valence electrons. The molecule has 2 aromatic carbocycles. The standard InChI is InChI=1S/C19H19F2N5O4S/c1-28-12-7-11(8-13(9-12)29-2)17-24-25-19(26(17)22)31-10-16(27)23-14-5-3-4-6-15(14)30-18(20)21/h3-9,18H,10,22H2,1-2H3,(H,23,27). The maximum absolute atomic E-state index is 12.5. The lowest BCUT2D eigenvalue weighted by molar-refractivity contribution is -0.113. The van der Waals surface area contributed by atoms with Gasteiger partial charge in [-0.3, -0.25) is 4.79 Å². The number of carbonyl (C=O) groups is 1. The number of benzene rings is 2. The number of anilines is 1. The Morgan fingerprint density at radius 3 is 2.48 bits per heavy atom. The molecule has 31 heavy (non-hydrogen) atoms. The Morgan fingerprint density at radius 1 is 1.16 bits per heavy atom. The van der Waals surface area contributed by atoms with Crippen molar-refractivity contribution >= 4 is 23.4 Å². The van der Waals surface area contributed by atoms with Gasteiger partial charge in [0.25, 0.3) is 0 Å². The first kappa shape index (κ1) is 22.2. The molecule has 3 N–H and O–H groups in total. The number of rotatable bonds is 9. The number of nitrogens with one attached hydrogen (secondary N) is 1. The molecule has 0 fully saturated rings. The summed E-state index contributed by atoms with van der Waals surface area (Å²) in [6, 6.07) is 11.0. The Kier molecular flexibility index (Phi) is 7.13. The van der Waals surface area contributed by atoms with Crippen LogP contribution in [-0.4, -0.2) is 47.4 Å². The van der Waals surface area contributed by atoms with Crippen LogP contribution in [0.1, 0.15) is 0 Å². The van der Waals surface area contributed by atoms with E-state index in [0.29, 0.717) is 22.9 Å². The zero-order valence-electron chi connectivity index (χ0n) is 16.5. The highest BCUT2D eigenvalue weighted by Crippen LogP contribution is 2.30. The van der Waals surface area contributed by atoms with Crippen molar-refractivity contribution in [3.05, 3.63) is 42.5 Å². The lowest BCUT2D eigenvalue weighted by Gasteiger charge is -2.11. The molecule has 0 aliphatic rings. The van der Waals surface area contributed by atoms with Gasteiger partial charge in [-0.1, -0.05) is 23.9 Å². The van der Waals surface area contributed by atoms with Crippen LogP contribution in [0.15, 0.2) is 47.6 Å². The van der Waals surface area contributed by atoms with Gasteiger partial charge in [-0.25, -0.2) is 4.68 Å². The van der Waals surface area contributed by atoms with Gasteiger partial charge in [0.15, 0.2) is 5.82 Å². The van der Waals surface area contributed by atoms with E-state index < -0.39 is 12.5 Å². The first-order valence-corrected chi connectivity index (χ1v) is 9.80. The Morgan fingerprint density at radius 2 is 1.84 bits per heavy atom. The number of para-hydroxylation sites is 2. The number of amides is 1. The van der Waals surface area contributed by atoms with Crippen LogP contribution < -0.4 is 25.4 Å². The number of alkyl halides is 2. The molecular weight excluding hydrogens is 432 g/mol. The third-order valence-electron chi connectivity index (χ3n) is 3.98. The number of nitrogens with zero attached hydrogens (tertiary/aromatic N) is 3. The number of nitrogens with two attached hydrogens (primary N) is 1. The summed E-state index contributed by atoms with van der Waals surface area (Å²) in [5.74, 6) is 6.87. The van der Waals surface area contributed by atoms with Gasteiger partial charge in [-0.15, -0.1) is 10.2 Å². The number of ether oxygens (including phenoxy) is 3. The van der Waals surface area contributed by atoms with Gasteiger partial charge in [-0.05, 0) is 24.3 Å². The second-order valence-electron chi connectivity index (χ2n) is 5.99. The quantitative estimate of drug-likeness (QED) is 0.377. The highest BCUT2D eigenvalue weighted by atomic mass is 32.2. The first-order chi connectivity index (χ1) is 14.9. The average Bonchev–Trinajstić information content (AvgIpc) is 3.13. The molecule has 0 unspecified atom stereocenters. The Balaban J connectivity index is 1.69. The van der Waals surface area contributed by atoms with Crippen LogP contribution in [0.25, 0.3) is 11.4 Å². The molecule has 9 nitrogen and oxygen atoms in total. The van der Waals surface area contributed by atoms with Gasteiger partial charge in [0.2, 0.25) is 11.1 Å². The predicted octanol–water partition coefficient (Wildman–Crippen LogP) is 3.01. The van der Waals surface area contributed by atoms with Crippen LogP contribution in [0.4, 0.5) is 14.5 Å². The molecule has 3 rings (SSSR count). The van der Waals surface area contributed by atoms with Crippen molar-refractivity contribution in [2.75, 3.05) is 31.1 Å². The number of hydrogen-bond acceptors (Lipinski definition) is 8. The van der Waals surface area contributed by atoms with Crippen LogP contribution >= 0.6 is 11.8 Å². The fourth-order valence-electron chi connectivity index (χ4n) is 2.59. The van der Waals surface area contributed by atoms with E-state index >= 15 is 0 Å². The summed E-state index contributed by atoms with van der Waals surface area (Å²) >= 11 is 1.03. The van der Waals surface area contributed by atoms with E-state index in [0.717, 1.165) is 11.8 Å². The molecule has 3 aromatic rings. The predicted molar refractivity (Wildman–Crippen MR) is 111 cm³/mol. The van der Waals surface area contributed by atoms with Crippen molar-refractivity contribution in [1.82, 2.24) is 14.9 Å². The van der Waals surface area contributed by atoms with Crippen molar-refractivity contribution in [3.8, 4) is 28.6 Å². The highest BCUT2D eigenvalue weighted by Gasteiger charge is 2.17. The number of thioether (sulfide) groups is 1. The fraction of sp³-hybridized carbons (Fsp3) is 0.211. The zero-order chi connectivity index (χ0) is 22.4. The summed E-state index contributed by atoms with van der Waals surface area (Å²) in [5, 5.41) is 10.9. The van der Waals surface area contributed by atoms with Crippen molar-refractivity contribution < 1.29 is 27.8 Å². The van der Waals surface area contributed by atoms with E-state index in [9.17, 15) is 13.6 Å². The highest BCUT2D eigenvalue weighted by molar-refractivity contribution is 7.99. The number of methoxy groups -OCH3 is 2. The van der Waals surface area contributed by atoms with Crippen molar-refractivity contribution in [1.29, 1.82) is 0 Å². The molecule has 0 spiro atoms. The van der Waals surface area contributed by atoms with Crippen LogP contribution in [0.2, 0.25) is 0 Å². The molecule has 1 amide bonds. The van der Waals surface area contributed by atoms with Gasteiger partial charge < -0.3 is 25.4 Å². The molecule has 0 atom stereocenters. The third kappa shape index (κ3) is 5.54. The summed E-state index contributed by atoms with van der Waals surface area (Å²) in [5.41, 5.74) is 0.743. The van der Waals surface area contributed by atoms with E-state index in [1.165, 1.54) is 37.1 Å². The zero-order valence-corrected chi connectivity index (χ0v) is 17.4. The molecule has 0 aliphatic heterocycles. The smallest absolute Gasteiger partial charge is 0.387 e. The Labute approximate surface area is 180 Å². The van der Waals surface area contributed by atoms with Crippen LogP contribution in [-0.2, 0) is 4.79 Å². The van der Waals surface area contributed by atoms with Crippen LogP contribution in [0, 0.1) is 0 Å². The topological polar surface area (TPSA) is 114 Å². The number of carbonyl (C=O) groups excluding carboxylic acids is 1. The van der Waals surface area contributed by atoms with Crippen LogP contribution in [0.5, 0.6) is 17.2 Å². The fourth-order valence-corrected chi connectivity index (χ4v) is 3.25. The summed E-state index contributed by atoms with van der Waals surface area (Å²) in [4.78, 5) is 12.3. The monoisotopic (exact) mass is 451 g/mol. The van der Waals surface area contributed by atoms with E-state index in [1.54, 1.807) is 24.3 Å². The molecule has 1 aromatic heterocycles. The molecule has 0 aliphatic carbocycles. The van der Waals surface area contributed by atoms with E-state index in [2.05, 4.69) is 20.3 Å².